The summed E-state index contributed by atoms with van der Waals surface area (Å²) in [6.07, 6.45) is 8.94. The predicted molar refractivity (Wildman–Crippen MR) is 89.6 cm³/mol. The average Bonchev–Trinajstić information content (AvgIpc) is 2.23. The highest BCUT2D eigenvalue weighted by atomic mass is 127. The molecule has 86 valence electrons. The van der Waals surface area contributed by atoms with E-state index in [9.17, 15) is 0 Å². The third-order valence-electron chi connectivity index (χ3n) is 3.96. The average molecular weight is 448 g/mol. The van der Waals surface area contributed by atoms with E-state index in [2.05, 4.69) is 63.4 Å². The molecule has 2 rings (SSSR count). The van der Waals surface area contributed by atoms with Crippen LogP contribution >= 0.6 is 56.5 Å². The lowest BCUT2D eigenvalue weighted by molar-refractivity contribution is 0.341. The molecule has 1 aliphatic heterocycles. The Morgan fingerprint density at radius 2 is 2.07 bits per heavy atom. The van der Waals surface area contributed by atoms with E-state index in [0.717, 1.165) is 14.2 Å². The minimum Gasteiger partial charge on any atom is -0.155 e. The molecule has 1 spiro atoms. The Balaban J connectivity index is 1.96. The molecule has 1 unspecified atom stereocenters. The highest BCUT2D eigenvalue weighted by Crippen LogP contribution is 2.52. The molecule has 0 aromatic carbocycles. The van der Waals surface area contributed by atoms with E-state index in [-0.39, 0.29) is 0 Å². The third kappa shape index (κ3) is 3.42. The van der Waals surface area contributed by atoms with Crippen LogP contribution in [0.5, 0.6) is 0 Å². The molecule has 1 saturated carbocycles. The van der Waals surface area contributed by atoms with E-state index >= 15 is 0 Å². The van der Waals surface area contributed by atoms with Crippen LogP contribution in [-0.2, 0) is 0 Å². The molecule has 2 fully saturated rings. The minimum absolute atomic E-state index is 0.698. The number of thioether (sulfide) groups is 1. The van der Waals surface area contributed by atoms with Crippen molar-refractivity contribution in [3.05, 3.63) is 0 Å². The van der Waals surface area contributed by atoms with Crippen molar-refractivity contribution in [2.45, 2.75) is 56.0 Å². The molecule has 1 saturated heterocycles. The molecule has 15 heavy (non-hydrogen) atoms. The van der Waals surface area contributed by atoms with E-state index in [4.69, 9.17) is 0 Å². The van der Waals surface area contributed by atoms with Gasteiger partial charge in [0.05, 0.1) is 0 Å². The standard InChI is InChI=1S/C11H19BI2S/c1-9-4-6-11(15-8-9)5-2-3-10(7-11)12(13)14/h9-10H,2-8H2,1H3/t9-,10-,11?/m0/s1. The molecular formula is C11H19BI2S. The Morgan fingerprint density at radius 3 is 2.67 bits per heavy atom. The lowest BCUT2D eigenvalue weighted by Gasteiger charge is -2.44. The summed E-state index contributed by atoms with van der Waals surface area (Å²) in [7, 11) is 0. The summed E-state index contributed by atoms with van der Waals surface area (Å²) in [4.78, 5) is 0. The highest BCUT2D eigenvalue weighted by molar-refractivity contribution is 14.3. The van der Waals surface area contributed by atoms with Gasteiger partial charge in [-0.1, -0.05) is 19.8 Å². The van der Waals surface area contributed by atoms with Gasteiger partial charge in [-0.25, -0.2) is 0 Å². The second-order valence-corrected chi connectivity index (χ2v) is 11.9. The molecule has 0 N–H and O–H groups in total. The van der Waals surface area contributed by atoms with Gasteiger partial charge in [0.15, 0.2) is 0 Å². The Morgan fingerprint density at radius 1 is 1.27 bits per heavy atom. The van der Waals surface area contributed by atoms with Crippen molar-refractivity contribution >= 4 is 58.9 Å². The first-order valence-corrected chi connectivity index (χ1v) is 9.51. The fraction of sp³-hybridized carbons (Fsp3) is 1.00. The van der Waals surface area contributed by atoms with Crippen LogP contribution in [-0.4, -0.2) is 12.9 Å². The molecule has 0 amide bonds. The molecule has 0 nitrogen and oxygen atoms in total. The molecule has 1 heterocycles. The summed E-state index contributed by atoms with van der Waals surface area (Å²) in [5, 5.41) is 0. The Kier molecular flexibility index (Phi) is 5.04. The number of halogens is 2. The molecule has 0 aromatic rings. The smallest absolute Gasteiger partial charge is 0.155 e. The zero-order valence-electron chi connectivity index (χ0n) is 9.35. The van der Waals surface area contributed by atoms with Crippen molar-refractivity contribution in [1.29, 1.82) is 0 Å². The van der Waals surface area contributed by atoms with Gasteiger partial charge in [-0.3, -0.25) is 0 Å². The minimum atomic E-state index is 0.698. The highest BCUT2D eigenvalue weighted by Gasteiger charge is 2.41. The zero-order valence-corrected chi connectivity index (χ0v) is 14.5. The van der Waals surface area contributed by atoms with Gasteiger partial charge < -0.3 is 0 Å². The van der Waals surface area contributed by atoms with Gasteiger partial charge in [0, 0.05) is 4.75 Å². The van der Waals surface area contributed by atoms with Gasteiger partial charge in [-0.05, 0) is 43.2 Å². The molecule has 4 heteroatoms. The van der Waals surface area contributed by atoms with Crippen LogP contribution in [0.25, 0.3) is 0 Å². The second-order valence-electron chi connectivity index (χ2n) is 5.33. The summed E-state index contributed by atoms with van der Waals surface area (Å²) in [5.74, 6) is 3.37. The SMILES string of the molecule is C[C@H]1CCC2(CCC[C@H](B(I)I)C2)SC1. The summed E-state index contributed by atoms with van der Waals surface area (Å²) in [5.41, 5.74) is 0. The normalized spacial score (nSPS) is 41.8. The number of hydrogen-bond donors (Lipinski definition) is 0. The van der Waals surface area contributed by atoms with Gasteiger partial charge in [0.2, 0.25) is 0 Å². The van der Waals surface area contributed by atoms with E-state index in [1.165, 1.54) is 44.3 Å². The fourth-order valence-corrected chi connectivity index (χ4v) is 5.84. The molecule has 0 bridgehead atoms. The summed E-state index contributed by atoms with van der Waals surface area (Å²) < 4.78 is 1.54. The first kappa shape index (κ1) is 13.3. The van der Waals surface area contributed by atoms with Crippen LogP contribution in [0, 0.1) is 5.92 Å². The van der Waals surface area contributed by atoms with Gasteiger partial charge in [0.1, 0.15) is 0 Å². The van der Waals surface area contributed by atoms with Gasteiger partial charge in [0.25, 0.3) is 2.43 Å². The maximum atomic E-state index is 2.62. The lowest BCUT2D eigenvalue weighted by Crippen LogP contribution is -2.36. The number of rotatable bonds is 1. The van der Waals surface area contributed by atoms with Crippen molar-refractivity contribution in [3.63, 3.8) is 0 Å². The van der Waals surface area contributed by atoms with Crippen molar-refractivity contribution in [3.8, 4) is 0 Å². The van der Waals surface area contributed by atoms with E-state index in [0.29, 0.717) is 4.75 Å². The van der Waals surface area contributed by atoms with Crippen molar-refractivity contribution < 1.29 is 0 Å². The van der Waals surface area contributed by atoms with Crippen LogP contribution < -0.4 is 0 Å². The third-order valence-corrected chi connectivity index (χ3v) is 7.92. The Bertz CT molecular complexity index is 215. The van der Waals surface area contributed by atoms with Gasteiger partial charge in [-0.2, -0.15) is 11.8 Å². The second kappa shape index (κ2) is 5.68. The van der Waals surface area contributed by atoms with Crippen LogP contribution in [0.15, 0.2) is 0 Å². The quantitative estimate of drug-likeness (QED) is 0.393. The lowest BCUT2D eigenvalue weighted by atomic mass is 9.69. The predicted octanol–water partition coefficient (Wildman–Crippen LogP) is 5.19. The molecular weight excluding hydrogens is 429 g/mol. The van der Waals surface area contributed by atoms with Crippen molar-refractivity contribution in [2.24, 2.45) is 5.92 Å². The van der Waals surface area contributed by atoms with Crippen LogP contribution in [0.4, 0.5) is 0 Å². The van der Waals surface area contributed by atoms with Gasteiger partial charge >= 0.3 is 0 Å². The molecule has 1 aliphatic carbocycles. The topological polar surface area (TPSA) is 0 Å². The maximum absolute atomic E-state index is 2.62. The van der Waals surface area contributed by atoms with E-state index < -0.39 is 0 Å². The summed E-state index contributed by atoms with van der Waals surface area (Å²) >= 11 is 7.55. The van der Waals surface area contributed by atoms with E-state index in [1.807, 2.05) is 0 Å². The molecule has 0 radical (unpaired) electrons. The largest absolute Gasteiger partial charge is 0.292 e. The molecule has 3 atom stereocenters. The number of hydrogen-bond acceptors (Lipinski definition) is 1. The monoisotopic (exact) mass is 448 g/mol. The van der Waals surface area contributed by atoms with Crippen LogP contribution in [0.1, 0.15) is 45.4 Å². The van der Waals surface area contributed by atoms with E-state index in [1.54, 1.807) is 0 Å². The Labute approximate surface area is 125 Å². The summed E-state index contributed by atoms with van der Waals surface area (Å²) in [6.45, 7) is 2.42. The Hall–Kier alpha value is 1.87. The maximum Gasteiger partial charge on any atom is 0.292 e. The first-order valence-electron chi connectivity index (χ1n) is 6.03. The fourth-order valence-electron chi connectivity index (χ4n) is 2.93. The molecule has 0 aromatic heterocycles. The van der Waals surface area contributed by atoms with Gasteiger partial charge in [-0.15, -0.1) is 44.7 Å². The zero-order chi connectivity index (χ0) is 10.9. The van der Waals surface area contributed by atoms with Crippen molar-refractivity contribution in [2.75, 3.05) is 5.75 Å². The first-order chi connectivity index (χ1) is 7.11. The van der Waals surface area contributed by atoms with Crippen LogP contribution in [0.2, 0.25) is 5.82 Å². The van der Waals surface area contributed by atoms with Crippen molar-refractivity contribution in [1.82, 2.24) is 0 Å². The molecule has 2 aliphatic rings. The van der Waals surface area contributed by atoms with Crippen LogP contribution in [0.3, 0.4) is 0 Å². The summed E-state index contributed by atoms with van der Waals surface area (Å²) in [6, 6.07) is 0.